The number of unbranched alkanes of at least 4 members (excludes halogenated alkanes) is 1. The summed E-state index contributed by atoms with van der Waals surface area (Å²) in [6.07, 6.45) is -6.21. The number of aliphatic hydroxyl groups is 2. The van der Waals surface area contributed by atoms with Gasteiger partial charge in [0.1, 0.15) is 5.75 Å². The Labute approximate surface area is 194 Å². The van der Waals surface area contributed by atoms with Gasteiger partial charge in [-0.15, -0.1) is 0 Å². The molecule has 5 nitrogen and oxygen atoms in total. The Morgan fingerprint density at radius 3 is 2.60 bits per heavy atom. The molecule has 0 amide bonds. The first-order chi connectivity index (χ1) is 18.3. The lowest BCUT2D eigenvalue weighted by molar-refractivity contribution is 0.126. The molecule has 30 heavy (non-hydrogen) atoms. The zero-order valence-corrected chi connectivity index (χ0v) is 16.9. The molecule has 2 rings (SSSR count). The Balaban J connectivity index is 1.90. The maximum atomic E-state index is 10.4. The number of phenols is 1. The number of aliphatic hydroxyl groups excluding tert-OH is 1. The second-order valence-electron chi connectivity index (χ2n) is 6.66. The van der Waals surface area contributed by atoms with Crippen LogP contribution in [-0.4, -0.2) is 41.5 Å². The highest BCUT2D eigenvalue weighted by molar-refractivity contribution is 5.36. The molecule has 0 aliphatic heterocycles. The molecule has 0 heterocycles. The van der Waals surface area contributed by atoms with Crippen LogP contribution in [0.5, 0.6) is 5.75 Å². The van der Waals surface area contributed by atoms with Gasteiger partial charge in [0.25, 0.3) is 0 Å². The standard InChI is InChI=1S/C25H37NO4/c27-20-23-18-22(13-14-24(23)28)25(29)19-26-15-7-1-2-8-16-30-17-9-6-12-21-10-4-3-5-11-21/h3-5,10-11,13-14,18,25-29H,1-2,6-9,12,15-17,19-20H2/i7D2,8D2,15D2,16D2,20D2. The Morgan fingerprint density at radius 1 is 1.00 bits per heavy atom. The van der Waals surface area contributed by atoms with Gasteiger partial charge in [0.2, 0.25) is 0 Å². The molecule has 166 valence electrons. The molecule has 2 aromatic rings. The predicted octanol–water partition coefficient (Wildman–Crippen LogP) is 4.11. The predicted molar refractivity (Wildman–Crippen MR) is 121 cm³/mol. The van der Waals surface area contributed by atoms with Gasteiger partial charge in [0.05, 0.1) is 18.1 Å². The van der Waals surface area contributed by atoms with Crippen molar-refractivity contribution >= 4 is 0 Å². The summed E-state index contributed by atoms with van der Waals surface area (Å²) in [5.74, 6) is -0.548. The molecular weight excluding hydrogens is 378 g/mol. The second kappa shape index (κ2) is 15.0. The second-order valence-corrected chi connectivity index (χ2v) is 6.66. The Hall–Kier alpha value is -1.92. The van der Waals surface area contributed by atoms with Crippen LogP contribution in [0.4, 0.5) is 0 Å². The summed E-state index contributed by atoms with van der Waals surface area (Å²) in [4.78, 5) is 0. The van der Waals surface area contributed by atoms with Crippen LogP contribution in [0.3, 0.4) is 0 Å². The van der Waals surface area contributed by atoms with Crippen molar-refractivity contribution in [1.82, 2.24) is 5.32 Å². The van der Waals surface area contributed by atoms with Crippen LogP contribution in [0.1, 0.15) is 74.9 Å². The Bertz CT molecular complexity index is 1080. The van der Waals surface area contributed by atoms with Gasteiger partial charge >= 0.3 is 0 Å². The zero-order chi connectivity index (χ0) is 30.4. The molecule has 0 spiro atoms. The van der Waals surface area contributed by atoms with Crippen molar-refractivity contribution in [1.29, 1.82) is 0 Å². The first kappa shape index (κ1) is 13.5. The van der Waals surface area contributed by atoms with Crippen molar-refractivity contribution < 1.29 is 33.8 Å². The van der Waals surface area contributed by atoms with Crippen LogP contribution in [0.25, 0.3) is 0 Å². The molecule has 0 aliphatic carbocycles. The van der Waals surface area contributed by atoms with Crippen LogP contribution in [-0.2, 0) is 17.7 Å². The molecule has 1 atom stereocenters. The summed E-state index contributed by atoms with van der Waals surface area (Å²) in [6, 6.07) is 13.0. The first-order valence-electron chi connectivity index (χ1n) is 15.0. The molecule has 5 heteroatoms. The number of hydrogen-bond acceptors (Lipinski definition) is 5. The largest absolute Gasteiger partial charge is 0.508 e. The quantitative estimate of drug-likeness (QED) is 0.304. The molecule has 2 aromatic carbocycles. The van der Waals surface area contributed by atoms with Gasteiger partial charge in [-0.2, -0.15) is 0 Å². The zero-order valence-electron chi connectivity index (χ0n) is 26.9. The number of hydrogen-bond donors (Lipinski definition) is 4. The third kappa shape index (κ3) is 9.72. The lowest BCUT2D eigenvalue weighted by atomic mass is 10.1. The summed E-state index contributed by atoms with van der Waals surface area (Å²) in [5.41, 5.74) is 0.650. The van der Waals surface area contributed by atoms with Gasteiger partial charge in [-0.25, -0.2) is 0 Å². The highest BCUT2D eigenvalue weighted by Crippen LogP contribution is 2.22. The minimum atomic E-state index is -2.89. The van der Waals surface area contributed by atoms with Gasteiger partial charge in [0.15, 0.2) is 0 Å². The fourth-order valence-corrected chi connectivity index (χ4v) is 2.67. The molecule has 0 saturated heterocycles. The molecule has 0 bridgehead atoms. The summed E-state index contributed by atoms with van der Waals surface area (Å²) in [7, 11) is 0. The minimum Gasteiger partial charge on any atom is -0.508 e. The van der Waals surface area contributed by atoms with E-state index in [4.69, 9.17) is 18.4 Å². The lowest BCUT2D eigenvalue weighted by Gasteiger charge is -2.14. The van der Waals surface area contributed by atoms with E-state index in [2.05, 4.69) is 5.32 Å². The monoisotopic (exact) mass is 425 g/mol. The maximum absolute atomic E-state index is 10.4. The fourth-order valence-electron chi connectivity index (χ4n) is 2.67. The van der Waals surface area contributed by atoms with E-state index in [-0.39, 0.29) is 12.2 Å². The van der Waals surface area contributed by atoms with Crippen molar-refractivity contribution in [2.75, 3.05) is 26.2 Å². The van der Waals surface area contributed by atoms with Gasteiger partial charge < -0.3 is 25.4 Å². The van der Waals surface area contributed by atoms with E-state index in [0.29, 0.717) is 12.8 Å². The van der Waals surface area contributed by atoms with E-state index >= 15 is 0 Å². The fraction of sp³-hybridized carbons (Fsp3) is 0.520. The van der Waals surface area contributed by atoms with Gasteiger partial charge in [-0.1, -0.05) is 49.2 Å². The highest BCUT2D eigenvalue weighted by Gasteiger charge is 2.09. The third-order valence-corrected chi connectivity index (χ3v) is 4.32. The van der Waals surface area contributed by atoms with Crippen LogP contribution in [0.15, 0.2) is 48.5 Å². The molecule has 0 saturated carbocycles. The van der Waals surface area contributed by atoms with E-state index in [1.165, 1.54) is 6.07 Å². The lowest BCUT2D eigenvalue weighted by Crippen LogP contribution is -2.22. The van der Waals surface area contributed by atoms with E-state index in [1.807, 2.05) is 30.3 Å². The number of aryl methyl sites for hydroxylation is 1. The Morgan fingerprint density at radius 2 is 1.80 bits per heavy atom. The summed E-state index contributed by atoms with van der Waals surface area (Å²) in [6.45, 7) is -8.98. The van der Waals surface area contributed by atoms with Crippen LogP contribution >= 0.6 is 0 Å². The summed E-state index contributed by atoms with van der Waals surface area (Å²) >= 11 is 0. The van der Waals surface area contributed by atoms with E-state index in [0.717, 1.165) is 24.1 Å². The molecule has 1 unspecified atom stereocenters. The SMILES string of the molecule is [2H]C([2H])(O)c1cc(C(O)CNC([2H])([2H])C([2H])([2H])CCC([2H])([2H])C([2H])([2H])OCCCCc2ccccc2)ccc1O. The number of nitrogens with one attached hydrogen (secondary N) is 1. The minimum absolute atomic E-state index is 0.0278. The van der Waals surface area contributed by atoms with Crippen LogP contribution < -0.4 is 5.32 Å². The van der Waals surface area contributed by atoms with Crippen molar-refractivity contribution in [2.24, 2.45) is 0 Å². The molecular formula is C25H37NO4. The molecule has 0 fully saturated rings. The number of benzene rings is 2. The normalized spacial score (nSPS) is 19.5. The summed E-state index contributed by atoms with van der Waals surface area (Å²) < 4.78 is 84.9. The van der Waals surface area contributed by atoms with Crippen molar-refractivity contribution in [2.45, 2.75) is 57.5 Å². The maximum Gasteiger partial charge on any atom is 0.121 e. The van der Waals surface area contributed by atoms with Crippen LogP contribution in [0.2, 0.25) is 0 Å². The van der Waals surface area contributed by atoms with Gasteiger partial charge in [-0.3, -0.25) is 0 Å². The van der Waals surface area contributed by atoms with E-state index < -0.39 is 69.2 Å². The van der Waals surface area contributed by atoms with Crippen molar-refractivity contribution in [3.05, 3.63) is 65.2 Å². The van der Waals surface area contributed by atoms with Gasteiger partial charge in [0, 0.05) is 33.5 Å². The molecule has 0 radical (unpaired) electrons. The van der Waals surface area contributed by atoms with Crippen LogP contribution in [0, 0.1) is 0 Å². The average molecular weight is 426 g/mol. The number of ether oxygens (including phenoxy) is 1. The van der Waals surface area contributed by atoms with Crippen molar-refractivity contribution in [3.63, 3.8) is 0 Å². The summed E-state index contributed by atoms with van der Waals surface area (Å²) in [5, 5.41) is 31.9. The Kier molecular flexibility index (Phi) is 6.73. The molecule has 0 aromatic heterocycles. The average Bonchev–Trinajstić information content (AvgIpc) is 2.86. The van der Waals surface area contributed by atoms with Crippen molar-refractivity contribution in [3.8, 4) is 5.75 Å². The molecule has 0 aliphatic rings. The topological polar surface area (TPSA) is 82.0 Å². The van der Waals surface area contributed by atoms with E-state index in [9.17, 15) is 15.3 Å². The smallest absolute Gasteiger partial charge is 0.121 e. The first-order valence-corrected chi connectivity index (χ1v) is 9.96. The van der Waals surface area contributed by atoms with Gasteiger partial charge in [-0.05, 0) is 61.8 Å². The molecule has 4 N–H and O–H groups in total. The number of aromatic hydroxyl groups is 1. The number of rotatable bonds is 16. The highest BCUT2D eigenvalue weighted by atomic mass is 16.5. The van der Waals surface area contributed by atoms with E-state index in [1.54, 1.807) is 0 Å². The third-order valence-electron chi connectivity index (χ3n) is 4.32.